The number of rotatable bonds is 1. The molecule has 41 heavy (non-hydrogen) atoms. The number of para-hydroxylation sites is 1. The molecule has 1 fully saturated rings. The van der Waals surface area contributed by atoms with Crippen molar-refractivity contribution < 1.29 is 5.11 Å². The second-order valence-corrected chi connectivity index (χ2v) is 13.6. The minimum absolute atomic E-state index is 0.00512. The molecule has 4 aliphatic heterocycles. The highest BCUT2D eigenvalue weighted by Gasteiger charge is 2.59. The standard InChI is InChI=1S/C36H50N4O/c41-36-20-12-6-2-4-8-14-23-40-24-18-30(35(26-40)19-11-5-1-3-7-13-21-38-34(35)36)29(25-36)32-33-28(17-22-37-32)27-15-9-10-16-31(27)39-33/h1-2,5-6,9-10,15-16,25,30,32,34,37-39,41H,3-4,7-8,11-14,17-24,26H2/b5-1-,6-2-/t30-,32?,34+,35-,36-/m0/s1. The van der Waals surface area contributed by atoms with Crippen molar-refractivity contribution >= 4 is 10.9 Å². The van der Waals surface area contributed by atoms with Crippen LogP contribution in [0, 0.1) is 11.3 Å². The van der Waals surface area contributed by atoms with Gasteiger partial charge in [0.15, 0.2) is 0 Å². The van der Waals surface area contributed by atoms with Crippen molar-refractivity contribution in [1.29, 1.82) is 0 Å². The third kappa shape index (κ3) is 5.18. The van der Waals surface area contributed by atoms with Crippen LogP contribution in [0.25, 0.3) is 10.9 Å². The number of allylic oxidation sites excluding steroid dienone is 4. The molecule has 7 rings (SSSR count). The molecular weight excluding hydrogens is 504 g/mol. The van der Waals surface area contributed by atoms with Gasteiger partial charge in [0.1, 0.15) is 0 Å². The number of aromatic amines is 1. The van der Waals surface area contributed by atoms with Gasteiger partial charge in [-0.2, -0.15) is 0 Å². The van der Waals surface area contributed by atoms with Gasteiger partial charge in [0, 0.05) is 41.1 Å². The molecule has 220 valence electrons. The van der Waals surface area contributed by atoms with E-state index in [0.717, 1.165) is 64.7 Å². The smallest absolute Gasteiger partial charge is 0.0992 e. The van der Waals surface area contributed by atoms with Crippen LogP contribution >= 0.6 is 0 Å². The molecule has 6 atom stereocenters. The lowest BCUT2D eigenvalue weighted by Crippen LogP contribution is -2.69. The summed E-state index contributed by atoms with van der Waals surface area (Å²) in [5.74, 6) is 0.446. The zero-order chi connectivity index (χ0) is 27.7. The average Bonchev–Trinajstić information content (AvgIpc) is 3.35. The highest BCUT2D eigenvalue weighted by atomic mass is 16.3. The Morgan fingerprint density at radius 2 is 1.63 bits per heavy atom. The summed E-state index contributed by atoms with van der Waals surface area (Å²) in [7, 11) is 0. The Hall–Kier alpha value is -2.18. The van der Waals surface area contributed by atoms with Gasteiger partial charge < -0.3 is 25.6 Å². The van der Waals surface area contributed by atoms with E-state index in [0.29, 0.717) is 5.92 Å². The molecule has 2 unspecified atom stereocenters. The van der Waals surface area contributed by atoms with Gasteiger partial charge in [0.25, 0.3) is 0 Å². The summed E-state index contributed by atoms with van der Waals surface area (Å²) in [5.41, 5.74) is 4.62. The first kappa shape index (κ1) is 27.6. The van der Waals surface area contributed by atoms with Crippen molar-refractivity contribution in [3.63, 3.8) is 0 Å². The van der Waals surface area contributed by atoms with Gasteiger partial charge in [-0.05, 0) is 120 Å². The molecule has 1 aliphatic carbocycles. The molecule has 0 amide bonds. The molecular formula is C36H50N4O. The van der Waals surface area contributed by atoms with E-state index in [2.05, 4.69) is 75.2 Å². The lowest BCUT2D eigenvalue weighted by atomic mass is 9.52. The van der Waals surface area contributed by atoms with E-state index < -0.39 is 5.60 Å². The Labute approximate surface area is 246 Å². The SMILES string of the molecule is O[C@]12C=C(C3NCCc4c3[nH]c3ccccc43)[C@@H]3CCN(CCCC/C=C\CC1)C[C@@]31CC/C=C\CCCCN[C@H]12. The van der Waals surface area contributed by atoms with Crippen LogP contribution in [0.15, 0.2) is 60.2 Å². The molecule has 1 aromatic carbocycles. The Morgan fingerprint density at radius 3 is 2.54 bits per heavy atom. The molecule has 0 radical (unpaired) electrons. The van der Waals surface area contributed by atoms with Gasteiger partial charge in [0.2, 0.25) is 0 Å². The predicted octanol–water partition coefficient (Wildman–Crippen LogP) is 6.33. The largest absolute Gasteiger partial charge is 0.384 e. The van der Waals surface area contributed by atoms with Gasteiger partial charge in [-0.1, -0.05) is 48.6 Å². The van der Waals surface area contributed by atoms with Gasteiger partial charge in [0.05, 0.1) is 11.6 Å². The average molecular weight is 555 g/mol. The first-order chi connectivity index (χ1) is 20.2. The number of hydrogen-bond donors (Lipinski definition) is 4. The molecule has 1 aromatic heterocycles. The molecule has 1 spiro atoms. The second kappa shape index (κ2) is 11.8. The molecule has 2 aromatic rings. The molecule has 0 saturated carbocycles. The van der Waals surface area contributed by atoms with E-state index in [4.69, 9.17) is 0 Å². The van der Waals surface area contributed by atoms with Gasteiger partial charge >= 0.3 is 0 Å². The number of aromatic nitrogens is 1. The first-order valence-electron chi connectivity index (χ1n) is 16.7. The third-order valence-corrected chi connectivity index (χ3v) is 11.1. The van der Waals surface area contributed by atoms with Crippen molar-refractivity contribution in [2.75, 3.05) is 32.7 Å². The fourth-order valence-electron chi connectivity index (χ4n) is 9.27. The highest BCUT2D eigenvalue weighted by Crippen LogP contribution is 2.56. The summed E-state index contributed by atoms with van der Waals surface area (Å²) in [6.07, 6.45) is 25.4. The van der Waals surface area contributed by atoms with Crippen molar-refractivity contribution in [2.45, 2.75) is 94.7 Å². The topological polar surface area (TPSA) is 63.3 Å². The summed E-state index contributed by atoms with van der Waals surface area (Å²) in [6, 6.07) is 9.01. The Kier molecular flexibility index (Phi) is 7.98. The maximum absolute atomic E-state index is 13.0. The van der Waals surface area contributed by atoms with Crippen LogP contribution in [0.4, 0.5) is 0 Å². The molecule has 5 nitrogen and oxygen atoms in total. The number of nitrogens with one attached hydrogen (secondary N) is 3. The number of H-pyrrole nitrogens is 1. The number of benzene rings is 1. The van der Waals surface area contributed by atoms with Crippen molar-refractivity contribution in [2.24, 2.45) is 11.3 Å². The van der Waals surface area contributed by atoms with Gasteiger partial charge in [-0.3, -0.25) is 0 Å². The van der Waals surface area contributed by atoms with Crippen LogP contribution in [0.1, 0.15) is 87.9 Å². The molecule has 3 bridgehead atoms. The van der Waals surface area contributed by atoms with Crippen LogP contribution in [0.3, 0.4) is 0 Å². The summed E-state index contributed by atoms with van der Waals surface area (Å²) >= 11 is 0. The summed E-state index contributed by atoms with van der Waals surface area (Å²) in [4.78, 5) is 6.63. The van der Waals surface area contributed by atoms with E-state index in [1.165, 1.54) is 72.8 Å². The van der Waals surface area contributed by atoms with Gasteiger partial charge in [-0.25, -0.2) is 0 Å². The van der Waals surface area contributed by atoms with Crippen LogP contribution < -0.4 is 10.6 Å². The second-order valence-electron chi connectivity index (χ2n) is 13.6. The van der Waals surface area contributed by atoms with E-state index in [-0.39, 0.29) is 17.5 Å². The van der Waals surface area contributed by atoms with E-state index in [1.807, 2.05) is 0 Å². The van der Waals surface area contributed by atoms with E-state index >= 15 is 0 Å². The number of aliphatic hydroxyl groups is 1. The Morgan fingerprint density at radius 1 is 0.829 bits per heavy atom. The lowest BCUT2D eigenvalue weighted by molar-refractivity contribution is -0.0902. The fourth-order valence-corrected chi connectivity index (χ4v) is 9.27. The van der Waals surface area contributed by atoms with Crippen molar-refractivity contribution in [1.82, 2.24) is 20.5 Å². The van der Waals surface area contributed by atoms with Crippen LogP contribution in [-0.2, 0) is 6.42 Å². The maximum atomic E-state index is 13.0. The lowest BCUT2D eigenvalue weighted by Gasteiger charge is -2.61. The van der Waals surface area contributed by atoms with E-state index in [9.17, 15) is 5.11 Å². The monoisotopic (exact) mass is 554 g/mol. The van der Waals surface area contributed by atoms with Crippen LogP contribution in [0.5, 0.6) is 0 Å². The zero-order valence-electron chi connectivity index (χ0n) is 24.8. The number of nitrogens with zero attached hydrogens (tertiary/aromatic N) is 1. The number of hydrogen-bond acceptors (Lipinski definition) is 4. The fraction of sp³-hybridized carbons (Fsp3) is 0.611. The quantitative estimate of drug-likeness (QED) is 0.311. The van der Waals surface area contributed by atoms with Gasteiger partial charge in [-0.15, -0.1) is 0 Å². The molecule has 1 saturated heterocycles. The minimum Gasteiger partial charge on any atom is -0.384 e. The highest BCUT2D eigenvalue weighted by molar-refractivity contribution is 5.85. The summed E-state index contributed by atoms with van der Waals surface area (Å²) in [5, 5.41) is 22.4. The number of fused-ring (bicyclic) bond motifs is 4. The predicted molar refractivity (Wildman–Crippen MR) is 169 cm³/mol. The van der Waals surface area contributed by atoms with Crippen molar-refractivity contribution in [3.05, 3.63) is 71.5 Å². The molecule has 5 heteroatoms. The zero-order valence-corrected chi connectivity index (χ0v) is 24.8. The molecule has 4 N–H and O–H groups in total. The molecule has 5 heterocycles. The summed E-state index contributed by atoms with van der Waals surface area (Å²) in [6.45, 7) is 5.39. The van der Waals surface area contributed by atoms with Crippen molar-refractivity contribution in [3.8, 4) is 0 Å². The first-order valence-corrected chi connectivity index (χ1v) is 16.7. The Balaban J connectivity index is 1.38. The number of piperidine rings is 1. The van der Waals surface area contributed by atoms with Crippen LogP contribution in [0.2, 0.25) is 0 Å². The maximum Gasteiger partial charge on any atom is 0.0992 e. The summed E-state index contributed by atoms with van der Waals surface area (Å²) < 4.78 is 0. The minimum atomic E-state index is -0.879. The molecule has 5 aliphatic rings. The third-order valence-electron chi connectivity index (χ3n) is 11.1. The van der Waals surface area contributed by atoms with E-state index in [1.54, 1.807) is 0 Å². The van der Waals surface area contributed by atoms with Crippen LogP contribution in [-0.4, -0.2) is 59.4 Å². The Bertz CT molecular complexity index is 1310. The normalized spacial score (nSPS) is 38.2.